The van der Waals surface area contributed by atoms with Crippen molar-refractivity contribution in [2.45, 2.75) is 17.4 Å². The molecule has 0 aliphatic rings. The predicted molar refractivity (Wildman–Crippen MR) is 136 cm³/mol. The number of halogens is 2. The number of hydrogen-bond donors (Lipinski definition) is 4. The van der Waals surface area contributed by atoms with Crippen LogP contribution in [0.3, 0.4) is 0 Å². The van der Waals surface area contributed by atoms with E-state index in [9.17, 15) is 27.9 Å². The van der Waals surface area contributed by atoms with Gasteiger partial charge >= 0.3 is 5.97 Å². The number of anilines is 1. The van der Waals surface area contributed by atoms with E-state index >= 15 is 0 Å². The van der Waals surface area contributed by atoms with E-state index in [4.69, 9.17) is 23.2 Å². The van der Waals surface area contributed by atoms with Crippen LogP contribution in [-0.2, 0) is 21.2 Å². The lowest BCUT2D eigenvalue weighted by Gasteiger charge is -2.16. The average Bonchev–Trinajstić information content (AvgIpc) is 2.84. The molecule has 0 heterocycles. The molecule has 0 radical (unpaired) electrons. The van der Waals surface area contributed by atoms with Gasteiger partial charge in [-0.05, 0) is 49.0 Å². The molecule has 3 aromatic rings. The summed E-state index contributed by atoms with van der Waals surface area (Å²) in [5.74, 6) is -2.66. The van der Waals surface area contributed by atoms with E-state index in [0.717, 1.165) is 0 Å². The summed E-state index contributed by atoms with van der Waals surface area (Å²) in [5, 5.41) is 15.1. The topological polar surface area (TPSA) is 142 Å². The Morgan fingerprint density at radius 3 is 2.08 bits per heavy atom. The SMILES string of the molecule is CNS(=O)(=O)c1ccccc1C(=O)N[C@@H](Cc1ccc(NC(=O)c2c(Cl)cccc2Cl)cc1)C(=O)O. The third-order valence-electron chi connectivity index (χ3n) is 5.13. The van der Waals surface area contributed by atoms with Crippen molar-refractivity contribution in [2.75, 3.05) is 12.4 Å². The Hall–Kier alpha value is -3.44. The fraction of sp³-hybridized carbons (Fsp3) is 0.125. The third kappa shape index (κ3) is 6.41. The Morgan fingerprint density at radius 2 is 1.50 bits per heavy atom. The van der Waals surface area contributed by atoms with Crippen molar-refractivity contribution < 1.29 is 27.9 Å². The van der Waals surface area contributed by atoms with Gasteiger partial charge in [0.25, 0.3) is 11.8 Å². The number of sulfonamides is 1. The van der Waals surface area contributed by atoms with Crippen molar-refractivity contribution >= 4 is 56.7 Å². The van der Waals surface area contributed by atoms with E-state index in [-0.39, 0.29) is 32.5 Å². The summed E-state index contributed by atoms with van der Waals surface area (Å²) >= 11 is 12.1. The highest BCUT2D eigenvalue weighted by molar-refractivity contribution is 7.89. The molecule has 0 saturated heterocycles. The molecule has 0 aromatic heterocycles. The Kier molecular flexibility index (Phi) is 8.70. The number of rotatable bonds is 9. The maximum atomic E-state index is 12.8. The number of carbonyl (C=O) groups excluding carboxylic acids is 2. The van der Waals surface area contributed by atoms with Crippen molar-refractivity contribution in [3.8, 4) is 0 Å². The average molecular weight is 550 g/mol. The van der Waals surface area contributed by atoms with Gasteiger partial charge in [-0.1, -0.05) is 53.5 Å². The molecule has 12 heteroatoms. The number of hydrogen-bond acceptors (Lipinski definition) is 5. The summed E-state index contributed by atoms with van der Waals surface area (Å²) in [6.07, 6.45) is -0.0907. The zero-order chi connectivity index (χ0) is 26.5. The van der Waals surface area contributed by atoms with Crippen molar-refractivity contribution in [3.05, 3.63) is 93.5 Å². The minimum atomic E-state index is -3.94. The monoisotopic (exact) mass is 549 g/mol. The van der Waals surface area contributed by atoms with Gasteiger partial charge in [-0.15, -0.1) is 0 Å². The number of amides is 2. The highest BCUT2D eigenvalue weighted by Crippen LogP contribution is 2.25. The van der Waals surface area contributed by atoms with Crippen LogP contribution in [0.2, 0.25) is 10.0 Å². The fourth-order valence-electron chi connectivity index (χ4n) is 3.30. The molecule has 2 amide bonds. The van der Waals surface area contributed by atoms with Gasteiger partial charge in [-0.25, -0.2) is 17.9 Å². The van der Waals surface area contributed by atoms with E-state index in [0.29, 0.717) is 11.3 Å². The van der Waals surface area contributed by atoms with Crippen LogP contribution in [0.15, 0.2) is 71.6 Å². The quantitative estimate of drug-likeness (QED) is 0.321. The zero-order valence-electron chi connectivity index (χ0n) is 18.8. The second-order valence-electron chi connectivity index (χ2n) is 7.52. The molecular weight excluding hydrogens is 529 g/mol. The number of aliphatic carboxylic acids is 1. The highest BCUT2D eigenvalue weighted by Gasteiger charge is 2.25. The summed E-state index contributed by atoms with van der Waals surface area (Å²) < 4.78 is 26.6. The van der Waals surface area contributed by atoms with Crippen LogP contribution >= 0.6 is 23.2 Å². The summed E-state index contributed by atoms with van der Waals surface area (Å²) in [4.78, 5) is 36.8. The number of carboxylic acids is 1. The van der Waals surface area contributed by atoms with Crippen LogP contribution in [-0.4, -0.2) is 44.4 Å². The second kappa shape index (κ2) is 11.5. The Morgan fingerprint density at radius 1 is 0.889 bits per heavy atom. The van der Waals surface area contributed by atoms with Gasteiger partial charge in [-0.3, -0.25) is 9.59 Å². The third-order valence-corrected chi connectivity index (χ3v) is 7.24. The molecule has 3 rings (SSSR count). The van der Waals surface area contributed by atoms with Gasteiger partial charge in [-0.2, -0.15) is 0 Å². The number of carboxylic acid groups (broad SMARTS) is 1. The molecule has 0 saturated carbocycles. The minimum absolute atomic E-state index is 0.0907. The minimum Gasteiger partial charge on any atom is -0.480 e. The van der Waals surface area contributed by atoms with Crippen molar-refractivity contribution in [1.29, 1.82) is 0 Å². The van der Waals surface area contributed by atoms with Gasteiger partial charge in [0.15, 0.2) is 0 Å². The molecule has 0 fully saturated rings. The van der Waals surface area contributed by atoms with E-state index in [1.807, 2.05) is 0 Å². The van der Waals surface area contributed by atoms with Crippen molar-refractivity contribution in [3.63, 3.8) is 0 Å². The number of benzene rings is 3. The Bertz CT molecular complexity index is 1390. The summed E-state index contributed by atoms with van der Waals surface area (Å²) in [6, 6.07) is 15.1. The van der Waals surface area contributed by atoms with Gasteiger partial charge < -0.3 is 15.7 Å². The van der Waals surface area contributed by atoms with Crippen LogP contribution in [0.5, 0.6) is 0 Å². The first kappa shape index (κ1) is 27.2. The van der Waals surface area contributed by atoms with Crippen LogP contribution in [0, 0.1) is 0 Å². The lowest BCUT2D eigenvalue weighted by Crippen LogP contribution is -2.42. The number of carbonyl (C=O) groups is 3. The first-order valence-electron chi connectivity index (χ1n) is 10.4. The standard InChI is InChI=1S/C24H21Cl2N3O6S/c1-27-36(34,35)20-8-3-2-5-16(20)22(30)29-19(24(32)33)13-14-9-11-15(12-10-14)28-23(31)21-17(25)6-4-7-18(21)26/h2-12,19,27H,13H2,1H3,(H,28,31)(H,29,30)(H,32,33)/t19-/m0/s1. The predicted octanol–water partition coefficient (Wildman–Crippen LogP) is 3.58. The van der Waals surface area contributed by atoms with Gasteiger partial charge in [0.05, 0.1) is 26.1 Å². The Balaban J connectivity index is 1.73. The van der Waals surface area contributed by atoms with Gasteiger partial charge in [0.2, 0.25) is 10.0 Å². The molecule has 3 aromatic carbocycles. The van der Waals surface area contributed by atoms with Gasteiger partial charge in [0.1, 0.15) is 6.04 Å². The molecule has 36 heavy (non-hydrogen) atoms. The fourth-order valence-corrected chi connectivity index (χ4v) is 4.80. The molecule has 0 aliphatic carbocycles. The molecular formula is C24H21Cl2N3O6S. The van der Waals surface area contributed by atoms with E-state index in [1.165, 1.54) is 31.3 Å². The lowest BCUT2D eigenvalue weighted by atomic mass is 10.0. The molecule has 0 unspecified atom stereocenters. The molecule has 0 bridgehead atoms. The molecule has 0 spiro atoms. The highest BCUT2D eigenvalue weighted by atomic mass is 35.5. The Labute approximate surface area is 217 Å². The molecule has 0 aliphatic heterocycles. The van der Waals surface area contributed by atoms with Crippen LogP contribution in [0.25, 0.3) is 0 Å². The second-order valence-corrected chi connectivity index (χ2v) is 10.2. The molecule has 188 valence electrons. The molecule has 1 atom stereocenters. The van der Waals surface area contributed by atoms with E-state index in [1.54, 1.807) is 42.5 Å². The molecule has 4 N–H and O–H groups in total. The molecule has 9 nitrogen and oxygen atoms in total. The normalized spacial score (nSPS) is 12.0. The van der Waals surface area contributed by atoms with Crippen LogP contribution in [0.1, 0.15) is 26.3 Å². The largest absolute Gasteiger partial charge is 0.480 e. The van der Waals surface area contributed by atoms with Crippen LogP contribution < -0.4 is 15.4 Å². The zero-order valence-corrected chi connectivity index (χ0v) is 21.1. The summed E-state index contributed by atoms with van der Waals surface area (Å²) in [7, 11) is -2.73. The summed E-state index contributed by atoms with van der Waals surface area (Å²) in [5.41, 5.74) is 0.906. The first-order chi connectivity index (χ1) is 17.0. The van der Waals surface area contributed by atoms with Gasteiger partial charge in [0, 0.05) is 12.1 Å². The maximum Gasteiger partial charge on any atom is 0.326 e. The van der Waals surface area contributed by atoms with Crippen LogP contribution in [0.4, 0.5) is 5.69 Å². The van der Waals surface area contributed by atoms with Crippen molar-refractivity contribution in [1.82, 2.24) is 10.0 Å². The first-order valence-corrected chi connectivity index (χ1v) is 12.7. The summed E-state index contributed by atoms with van der Waals surface area (Å²) in [6.45, 7) is 0. The lowest BCUT2D eigenvalue weighted by molar-refractivity contribution is -0.139. The smallest absolute Gasteiger partial charge is 0.326 e. The maximum absolute atomic E-state index is 12.8. The van der Waals surface area contributed by atoms with Crippen molar-refractivity contribution in [2.24, 2.45) is 0 Å². The van der Waals surface area contributed by atoms with E-state index < -0.39 is 33.8 Å². The van der Waals surface area contributed by atoms with E-state index in [2.05, 4.69) is 15.4 Å². The number of nitrogens with one attached hydrogen (secondary N) is 3.